The van der Waals surface area contributed by atoms with Crippen molar-refractivity contribution in [2.45, 2.75) is 76.7 Å². The van der Waals surface area contributed by atoms with Crippen LogP contribution in [0.1, 0.15) is 69.8 Å². The molecule has 0 aliphatic heterocycles. The number of hydrogen-bond acceptors (Lipinski definition) is 3. The highest BCUT2D eigenvalue weighted by Crippen LogP contribution is 2.50. The fourth-order valence-electron chi connectivity index (χ4n) is 6.85. The zero-order valence-corrected chi connectivity index (χ0v) is 20.6. The Kier molecular flexibility index (Phi) is 6.37. The molecule has 1 aromatic heterocycles. The maximum Gasteiger partial charge on any atom is 0.244 e. The molecule has 0 saturated heterocycles. The number of aromatic nitrogens is 2. The molecular weight excluding hydrogens is 422 g/mol. The lowest BCUT2D eigenvalue weighted by Gasteiger charge is -2.48. The van der Waals surface area contributed by atoms with Gasteiger partial charge in [-0.15, -0.1) is 0 Å². The number of aryl methyl sites for hydroxylation is 1. The minimum atomic E-state index is -0.773. The molecule has 2 aliphatic carbocycles. The highest BCUT2D eigenvalue weighted by atomic mass is 16.5. The molecule has 180 valence electrons. The highest BCUT2D eigenvalue weighted by molar-refractivity contribution is 5.90. The van der Waals surface area contributed by atoms with E-state index in [1.165, 1.54) is 12.8 Å². The molecule has 2 aliphatic rings. The molecule has 0 radical (unpaired) electrons. The molecule has 2 fully saturated rings. The number of para-hydroxylation sites is 2. The Morgan fingerprint density at radius 2 is 1.59 bits per heavy atom. The van der Waals surface area contributed by atoms with Crippen LogP contribution in [0.4, 0.5) is 0 Å². The molecule has 0 spiro atoms. The van der Waals surface area contributed by atoms with E-state index in [1.807, 2.05) is 25.1 Å². The van der Waals surface area contributed by atoms with Gasteiger partial charge < -0.3 is 15.0 Å². The molecule has 2 aromatic carbocycles. The maximum absolute atomic E-state index is 13.9. The van der Waals surface area contributed by atoms with Crippen LogP contribution in [-0.4, -0.2) is 22.6 Å². The van der Waals surface area contributed by atoms with E-state index < -0.39 is 5.54 Å². The van der Waals surface area contributed by atoms with Crippen molar-refractivity contribution >= 4 is 16.9 Å². The van der Waals surface area contributed by atoms with Crippen LogP contribution in [0.25, 0.3) is 22.4 Å². The molecule has 5 rings (SSSR count). The van der Waals surface area contributed by atoms with Crippen molar-refractivity contribution in [1.82, 2.24) is 9.55 Å². The van der Waals surface area contributed by atoms with Crippen LogP contribution in [0.3, 0.4) is 0 Å². The fourth-order valence-corrected chi connectivity index (χ4v) is 6.85. The van der Waals surface area contributed by atoms with E-state index in [1.54, 1.807) is 7.11 Å². The van der Waals surface area contributed by atoms with Gasteiger partial charge >= 0.3 is 0 Å². The summed E-state index contributed by atoms with van der Waals surface area (Å²) in [4.78, 5) is 19.0. The van der Waals surface area contributed by atoms with Crippen LogP contribution in [0.5, 0.6) is 5.75 Å². The average Bonchev–Trinajstić information content (AvgIpc) is 3.26. The fraction of sp³-hybridized carbons (Fsp3) is 0.517. The van der Waals surface area contributed by atoms with Gasteiger partial charge in [0.15, 0.2) is 0 Å². The first-order chi connectivity index (χ1) is 16.6. The number of ether oxygens (including phenoxy) is 1. The van der Waals surface area contributed by atoms with Gasteiger partial charge in [0.1, 0.15) is 17.1 Å². The van der Waals surface area contributed by atoms with Gasteiger partial charge in [-0.2, -0.15) is 0 Å². The molecule has 5 nitrogen and oxygen atoms in total. The van der Waals surface area contributed by atoms with E-state index >= 15 is 0 Å². The SMILES string of the molecule is COc1cc(-c2nc3ccccc3n2C(C(N)=O)(C2CCCCC2)C2CCCCC2)ccc1C. The number of benzene rings is 2. The molecule has 2 N–H and O–H groups in total. The number of carbonyl (C=O) groups is 1. The summed E-state index contributed by atoms with van der Waals surface area (Å²) >= 11 is 0. The lowest BCUT2D eigenvalue weighted by molar-refractivity contribution is -0.135. The lowest BCUT2D eigenvalue weighted by atomic mass is 9.63. The Balaban J connectivity index is 1.83. The van der Waals surface area contributed by atoms with E-state index in [9.17, 15) is 4.79 Å². The summed E-state index contributed by atoms with van der Waals surface area (Å²) in [6.07, 6.45) is 11.3. The minimum absolute atomic E-state index is 0.185. The number of hydrogen-bond donors (Lipinski definition) is 1. The summed E-state index contributed by atoms with van der Waals surface area (Å²) in [5.74, 6) is 1.93. The molecule has 1 amide bonds. The summed E-state index contributed by atoms with van der Waals surface area (Å²) in [6.45, 7) is 2.04. The topological polar surface area (TPSA) is 70.1 Å². The van der Waals surface area contributed by atoms with Crippen molar-refractivity contribution in [3.8, 4) is 17.1 Å². The van der Waals surface area contributed by atoms with Crippen LogP contribution >= 0.6 is 0 Å². The molecule has 34 heavy (non-hydrogen) atoms. The van der Waals surface area contributed by atoms with Gasteiger partial charge in [0, 0.05) is 5.56 Å². The van der Waals surface area contributed by atoms with Crippen molar-refractivity contribution in [2.75, 3.05) is 7.11 Å². The van der Waals surface area contributed by atoms with E-state index in [-0.39, 0.29) is 17.7 Å². The third-order valence-electron chi connectivity index (χ3n) is 8.45. The average molecular weight is 460 g/mol. The number of fused-ring (bicyclic) bond motifs is 1. The molecule has 0 bridgehead atoms. The third-order valence-corrected chi connectivity index (χ3v) is 8.45. The van der Waals surface area contributed by atoms with Crippen LogP contribution in [0.15, 0.2) is 42.5 Å². The molecule has 1 heterocycles. The monoisotopic (exact) mass is 459 g/mol. The molecule has 0 atom stereocenters. The number of nitrogens with zero attached hydrogens (tertiary/aromatic N) is 2. The summed E-state index contributed by atoms with van der Waals surface area (Å²) < 4.78 is 7.94. The molecular formula is C29H37N3O2. The number of methoxy groups -OCH3 is 1. The Morgan fingerprint density at radius 3 is 2.18 bits per heavy atom. The number of carbonyl (C=O) groups excluding carboxylic acids is 1. The quantitative estimate of drug-likeness (QED) is 0.466. The van der Waals surface area contributed by atoms with Crippen molar-refractivity contribution in [3.63, 3.8) is 0 Å². The molecule has 3 aromatic rings. The van der Waals surface area contributed by atoms with Gasteiger partial charge in [-0.05, 0) is 68.2 Å². The van der Waals surface area contributed by atoms with E-state index in [2.05, 4.69) is 28.8 Å². The first kappa shape index (κ1) is 22.9. The smallest absolute Gasteiger partial charge is 0.244 e. The summed E-state index contributed by atoms with van der Waals surface area (Å²) in [6, 6.07) is 14.5. The number of rotatable bonds is 6. The second kappa shape index (κ2) is 9.44. The van der Waals surface area contributed by atoms with Crippen LogP contribution in [0.2, 0.25) is 0 Å². The summed E-state index contributed by atoms with van der Waals surface area (Å²) in [5, 5.41) is 0. The Bertz CT molecular complexity index is 1150. The summed E-state index contributed by atoms with van der Waals surface area (Å²) in [7, 11) is 1.70. The van der Waals surface area contributed by atoms with E-state index in [0.29, 0.717) is 0 Å². The van der Waals surface area contributed by atoms with Crippen molar-refractivity contribution < 1.29 is 9.53 Å². The van der Waals surface area contributed by atoms with Crippen LogP contribution < -0.4 is 10.5 Å². The second-order valence-electron chi connectivity index (χ2n) is 10.3. The zero-order chi connectivity index (χ0) is 23.7. The van der Waals surface area contributed by atoms with Crippen molar-refractivity contribution in [2.24, 2.45) is 17.6 Å². The normalized spacial score (nSPS) is 18.3. The van der Waals surface area contributed by atoms with Gasteiger partial charge in [-0.1, -0.05) is 62.8 Å². The molecule has 0 unspecified atom stereocenters. The highest BCUT2D eigenvalue weighted by Gasteiger charge is 2.53. The van der Waals surface area contributed by atoms with Gasteiger partial charge in [0.05, 0.1) is 18.1 Å². The number of amides is 1. The number of nitrogens with two attached hydrogens (primary N) is 1. The first-order valence-corrected chi connectivity index (χ1v) is 13.0. The maximum atomic E-state index is 13.9. The van der Waals surface area contributed by atoms with Gasteiger partial charge in [-0.25, -0.2) is 4.98 Å². The van der Waals surface area contributed by atoms with Crippen molar-refractivity contribution in [1.29, 1.82) is 0 Å². The second-order valence-corrected chi connectivity index (χ2v) is 10.3. The van der Waals surface area contributed by atoms with Crippen molar-refractivity contribution in [3.05, 3.63) is 48.0 Å². The first-order valence-electron chi connectivity index (χ1n) is 13.0. The Hall–Kier alpha value is -2.82. The molecule has 5 heteroatoms. The molecule has 2 saturated carbocycles. The van der Waals surface area contributed by atoms with Crippen LogP contribution in [0, 0.1) is 18.8 Å². The zero-order valence-electron chi connectivity index (χ0n) is 20.6. The Labute approximate surface area is 202 Å². The van der Waals surface area contributed by atoms with Crippen LogP contribution in [-0.2, 0) is 10.3 Å². The minimum Gasteiger partial charge on any atom is -0.496 e. The lowest BCUT2D eigenvalue weighted by Crippen LogP contribution is -2.58. The van der Waals surface area contributed by atoms with Gasteiger partial charge in [0.2, 0.25) is 5.91 Å². The van der Waals surface area contributed by atoms with Gasteiger partial charge in [0.25, 0.3) is 0 Å². The van der Waals surface area contributed by atoms with E-state index in [0.717, 1.165) is 85.1 Å². The standard InChI is InChI=1S/C29H37N3O2/c1-20-17-18-21(19-26(20)34-2)27-31-24-15-9-10-16-25(24)32(27)29(28(30)33,22-11-5-3-6-12-22)23-13-7-4-8-14-23/h9-10,15-19,22-23H,3-8,11-14H2,1-2H3,(H2,30,33). The summed E-state index contributed by atoms with van der Waals surface area (Å²) in [5.41, 5.74) is 9.72. The van der Waals surface area contributed by atoms with Gasteiger partial charge in [-0.3, -0.25) is 4.79 Å². The largest absolute Gasteiger partial charge is 0.496 e. The predicted octanol–water partition coefficient (Wildman–Crippen LogP) is 6.36. The number of primary amides is 1. The Morgan fingerprint density at radius 1 is 0.971 bits per heavy atom. The van der Waals surface area contributed by atoms with E-state index in [4.69, 9.17) is 15.5 Å². The predicted molar refractivity (Wildman–Crippen MR) is 137 cm³/mol. The number of imidazole rings is 1. The third kappa shape index (κ3) is 3.70.